The maximum Gasteiger partial charge on any atom is 0.340 e. The molecule has 22 heavy (non-hydrogen) atoms. The van der Waals surface area contributed by atoms with Crippen LogP contribution in [-0.2, 0) is 0 Å². The minimum Gasteiger partial charge on any atom is -0.495 e. The Balaban J connectivity index is 2.06. The van der Waals surface area contributed by atoms with Crippen molar-refractivity contribution in [3.8, 4) is 5.75 Å². The van der Waals surface area contributed by atoms with Gasteiger partial charge >= 0.3 is 6.03 Å². The number of hydrogen-bond acceptors (Lipinski definition) is 4. The van der Waals surface area contributed by atoms with Gasteiger partial charge in [-0.05, 0) is 24.3 Å². The first kappa shape index (κ1) is 14.2. The third-order valence-electron chi connectivity index (χ3n) is 3.35. The van der Waals surface area contributed by atoms with Crippen molar-refractivity contribution in [1.29, 1.82) is 5.41 Å². The van der Waals surface area contributed by atoms with Crippen molar-refractivity contribution in [3.05, 3.63) is 54.6 Å². The van der Waals surface area contributed by atoms with Crippen LogP contribution in [-0.4, -0.2) is 24.0 Å². The molecule has 1 N–H and O–H groups in total. The molecule has 0 bridgehead atoms. The molecule has 110 valence electrons. The molecule has 0 radical (unpaired) electrons. The number of para-hydroxylation sites is 3. The zero-order valence-corrected chi connectivity index (χ0v) is 12.6. The van der Waals surface area contributed by atoms with Crippen molar-refractivity contribution < 1.29 is 9.53 Å². The molecule has 0 spiro atoms. The highest BCUT2D eigenvalue weighted by Crippen LogP contribution is 2.33. The lowest BCUT2D eigenvalue weighted by molar-refractivity contribution is 0.257. The van der Waals surface area contributed by atoms with Crippen molar-refractivity contribution in [2.45, 2.75) is 0 Å². The van der Waals surface area contributed by atoms with E-state index in [-0.39, 0.29) is 16.9 Å². The summed E-state index contributed by atoms with van der Waals surface area (Å²) < 4.78 is 5.29. The van der Waals surface area contributed by atoms with Gasteiger partial charge in [-0.25, -0.2) is 14.6 Å². The Morgan fingerprint density at radius 2 is 1.64 bits per heavy atom. The highest BCUT2D eigenvalue weighted by molar-refractivity contribution is 7.82. The molecule has 0 saturated carbocycles. The first-order valence-corrected chi connectivity index (χ1v) is 7.01. The highest BCUT2D eigenvalue weighted by Gasteiger charge is 2.41. The number of urea groups is 1. The van der Waals surface area contributed by atoms with Crippen molar-refractivity contribution in [3.63, 3.8) is 0 Å². The van der Waals surface area contributed by atoms with E-state index in [0.717, 1.165) is 0 Å². The fourth-order valence-corrected chi connectivity index (χ4v) is 2.60. The number of anilines is 2. The van der Waals surface area contributed by atoms with Crippen LogP contribution in [0.15, 0.2) is 54.6 Å². The minimum atomic E-state index is -0.384. The molecule has 1 aliphatic rings. The zero-order chi connectivity index (χ0) is 15.7. The molecule has 1 fully saturated rings. The molecule has 1 saturated heterocycles. The smallest absolute Gasteiger partial charge is 0.340 e. The lowest BCUT2D eigenvalue weighted by Crippen LogP contribution is -2.33. The van der Waals surface area contributed by atoms with Gasteiger partial charge < -0.3 is 4.74 Å². The fourth-order valence-electron chi connectivity index (χ4n) is 2.33. The Kier molecular flexibility index (Phi) is 3.60. The van der Waals surface area contributed by atoms with Gasteiger partial charge in [0.05, 0.1) is 18.5 Å². The summed E-state index contributed by atoms with van der Waals surface area (Å²) in [5.74, 6) is 0.512. The van der Waals surface area contributed by atoms with E-state index in [1.165, 1.54) is 16.9 Å². The van der Waals surface area contributed by atoms with Crippen LogP contribution in [0.5, 0.6) is 5.75 Å². The summed E-state index contributed by atoms with van der Waals surface area (Å²) in [5.41, 5.74) is 1.14. The Morgan fingerprint density at radius 3 is 2.32 bits per heavy atom. The van der Waals surface area contributed by atoms with Gasteiger partial charge in [0, 0.05) is 0 Å². The molecule has 3 rings (SSSR count). The summed E-state index contributed by atoms with van der Waals surface area (Å²) in [6, 6.07) is 15.7. The molecule has 6 heteroatoms. The van der Waals surface area contributed by atoms with Crippen LogP contribution in [0.4, 0.5) is 16.2 Å². The second-order valence-corrected chi connectivity index (χ2v) is 5.00. The number of benzene rings is 2. The summed E-state index contributed by atoms with van der Waals surface area (Å²) in [7, 11) is 1.53. The lowest BCUT2D eigenvalue weighted by atomic mass is 10.2. The molecule has 2 aromatic carbocycles. The normalized spacial score (nSPS) is 14.7. The number of carbonyl (C=O) groups excluding carboxylic acids is 1. The first-order valence-electron chi connectivity index (χ1n) is 6.60. The van der Waals surface area contributed by atoms with Crippen LogP contribution in [0.3, 0.4) is 0 Å². The van der Waals surface area contributed by atoms with Crippen LogP contribution in [0.2, 0.25) is 0 Å². The van der Waals surface area contributed by atoms with E-state index in [2.05, 4.69) is 0 Å². The van der Waals surface area contributed by atoms with E-state index < -0.39 is 0 Å². The quantitative estimate of drug-likeness (QED) is 0.883. The summed E-state index contributed by atoms with van der Waals surface area (Å²) in [6.07, 6.45) is 0. The van der Waals surface area contributed by atoms with Gasteiger partial charge in [0.15, 0.2) is 10.8 Å². The molecular formula is C16H13N3O2S. The van der Waals surface area contributed by atoms with Gasteiger partial charge in [0.2, 0.25) is 0 Å². The molecular weight excluding hydrogens is 298 g/mol. The van der Waals surface area contributed by atoms with E-state index in [1.807, 2.05) is 24.3 Å². The second kappa shape index (κ2) is 5.57. The molecule has 2 aromatic rings. The Bertz CT molecular complexity index is 761. The average Bonchev–Trinajstić information content (AvgIpc) is 2.78. The molecule has 0 unspecified atom stereocenters. The van der Waals surface area contributed by atoms with Crippen molar-refractivity contribution >= 4 is 40.4 Å². The molecule has 1 aliphatic heterocycles. The third kappa shape index (κ3) is 2.14. The lowest BCUT2D eigenvalue weighted by Gasteiger charge is -2.19. The van der Waals surface area contributed by atoms with E-state index in [1.54, 1.807) is 30.3 Å². The SMILES string of the molecule is COc1ccccc1N1C(=O)N(c2ccccc2)C(=N)C1=S. The van der Waals surface area contributed by atoms with Crippen LogP contribution in [0.25, 0.3) is 0 Å². The van der Waals surface area contributed by atoms with E-state index in [0.29, 0.717) is 17.1 Å². The summed E-state index contributed by atoms with van der Waals surface area (Å²) >= 11 is 5.29. The van der Waals surface area contributed by atoms with Crippen LogP contribution in [0, 0.1) is 5.41 Å². The summed E-state index contributed by atoms with van der Waals surface area (Å²) in [6.45, 7) is 0. The largest absolute Gasteiger partial charge is 0.495 e. The Morgan fingerprint density at radius 1 is 1.00 bits per heavy atom. The number of amidine groups is 1. The van der Waals surface area contributed by atoms with Gasteiger partial charge in [-0.1, -0.05) is 42.5 Å². The Labute approximate surface area is 133 Å². The second-order valence-electron chi connectivity index (χ2n) is 4.61. The maximum atomic E-state index is 12.8. The highest BCUT2D eigenvalue weighted by atomic mass is 32.1. The van der Waals surface area contributed by atoms with Crippen LogP contribution < -0.4 is 14.5 Å². The van der Waals surface area contributed by atoms with Gasteiger partial charge in [-0.2, -0.15) is 0 Å². The number of amides is 2. The number of ether oxygens (including phenoxy) is 1. The van der Waals surface area contributed by atoms with Crippen molar-refractivity contribution in [1.82, 2.24) is 0 Å². The van der Waals surface area contributed by atoms with Crippen LogP contribution >= 0.6 is 12.2 Å². The molecule has 1 heterocycles. The molecule has 0 aromatic heterocycles. The van der Waals surface area contributed by atoms with Crippen molar-refractivity contribution in [2.75, 3.05) is 16.9 Å². The number of hydrogen-bond donors (Lipinski definition) is 1. The number of rotatable bonds is 3. The number of nitrogens with zero attached hydrogens (tertiary/aromatic N) is 2. The van der Waals surface area contributed by atoms with Gasteiger partial charge in [-0.15, -0.1) is 0 Å². The van der Waals surface area contributed by atoms with E-state index in [4.69, 9.17) is 22.4 Å². The van der Waals surface area contributed by atoms with Crippen molar-refractivity contribution in [2.24, 2.45) is 0 Å². The summed E-state index contributed by atoms with van der Waals surface area (Å²) in [4.78, 5) is 15.5. The minimum absolute atomic E-state index is 0.0166. The zero-order valence-electron chi connectivity index (χ0n) is 11.8. The number of thiocarbonyl (C=S) groups is 1. The topological polar surface area (TPSA) is 56.6 Å². The van der Waals surface area contributed by atoms with Crippen LogP contribution in [0.1, 0.15) is 0 Å². The predicted molar refractivity (Wildman–Crippen MR) is 90.1 cm³/mol. The standard InChI is InChI=1S/C16H13N3O2S/c1-21-13-10-6-5-9-12(13)19-15(22)14(17)18(16(19)20)11-7-3-2-4-8-11/h2-10,17H,1H3. The monoisotopic (exact) mass is 311 g/mol. The third-order valence-corrected chi connectivity index (χ3v) is 3.73. The first-order chi connectivity index (χ1) is 10.6. The summed E-state index contributed by atoms with van der Waals surface area (Å²) in [5, 5.41) is 8.17. The van der Waals surface area contributed by atoms with E-state index >= 15 is 0 Å². The van der Waals surface area contributed by atoms with E-state index in [9.17, 15) is 4.79 Å². The molecule has 0 atom stereocenters. The number of methoxy groups -OCH3 is 1. The average molecular weight is 311 g/mol. The molecule has 0 aliphatic carbocycles. The fraction of sp³-hybridized carbons (Fsp3) is 0.0625. The van der Waals surface area contributed by atoms with Gasteiger partial charge in [0.25, 0.3) is 0 Å². The molecule has 2 amide bonds. The predicted octanol–water partition coefficient (Wildman–Crippen LogP) is 3.45. The van der Waals surface area contributed by atoms with Gasteiger partial charge in [0.1, 0.15) is 5.75 Å². The number of nitrogens with one attached hydrogen (secondary N) is 1. The number of carbonyl (C=O) groups is 1. The van der Waals surface area contributed by atoms with Gasteiger partial charge in [-0.3, -0.25) is 5.41 Å². The maximum absolute atomic E-state index is 12.8. The molecule has 5 nitrogen and oxygen atoms in total. The Hall–Kier alpha value is -2.73.